The van der Waals surface area contributed by atoms with Gasteiger partial charge in [0.2, 0.25) is 0 Å². The molecule has 0 unspecified atom stereocenters. The first kappa shape index (κ1) is 14.8. The molecule has 0 saturated carbocycles. The number of nitrogens with one attached hydrogen (secondary N) is 2. The zero-order chi connectivity index (χ0) is 15.9. The first-order valence-corrected chi connectivity index (χ1v) is 8.91. The lowest BCUT2D eigenvalue weighted by Crippen LogP contribution is -2.33. The standard InChI is InChI=1S/C19H18N2S2/c22-11-19(12-23,17-9-13-5-1-3-7-15(13)20-17)18-10-14-6-2-4-8-16(14)21-18/h1-10,20-23H,11-12H2. The van der Waals surface area contributed by atoms with E-state index in [2.05, 4.69) is 95.9 Å². The number of aromatic amines is 2. The number of benzene rings is 2. The van der Waals surface area contributed by atoms with E-state index >= 15 is 0 Å². The van der Waals surface area contributed by atoms with E-state index in [-0.39, 0.29) is 5.41 Å². The van der Waals surface area contributed by atoms with E-state index in [9.17, 15) is 0 Å². The van der Waals surface area contributed by atoms with Gasteiger partial charge in [-0.25, -0.2) is 0 Å². The molecule has 2 nitrogen and oxygen atoms in total. The lowest BCUT2D eigenvalue weighted by Gasteiger charge is -2.29. The maximum Gasteiger partial charge on any atom is 0.0679 e. The number of fused-ring (bicyclic) bond motifs is 2. The van der Waals surface area contributed by atoms with Crippen molar-refractivity contribution in [2.24, 2.45) is 0 Å². The highest BCUT2D eigenvalue weighted by Gasteiger charge is 2.35. The lowest BCUT2D eigenvalue weighted by atomic mass is 9.85. The third kappa shape index (κ3) is 2.28. The van der Waals surface area contributed by atoms with Crippen LogP contribution in [0.3, 0.4) is 0 Å². The molecule has 0 bridgehead atoms. The SMILES string of the molecule is SCC(CS)(c1cc2ccccc2[nH]1)c1cc2ccccc2[nH]1. The molecule has 2 aromatic heterocycles. The summed E-state index contributed by atoms with van der Waals surface area (Å²) in [7, 11) is 0. The van der Waals surface area contributed by atoms with Crippen LogP contribution in [0.2, 0.25) is 0 Å². The number of aromatic nitrogens is 2. The van der Waals surface area contributed by atoms with E-state index in [4.69, 9.17) is 0 Å². The second-order valence-electron chi connectivity index (χ2n) is 5.94. The number of thiol groups is 2. The zero-order valence-corrected chi connectivity index (χ0v) is 14.4. The quantitative estimate of drug-likeness (QED) is 0.386. The smallest absolute Gasteiger partial charge is 0.0679 e. The minimum atomic E-state index is -0.274. The molecule has 0 amide bonds. The van der Waals surface area contributed by atoms with Gasteiger partial charge in [0.25, 0.3) is 0 Å². The second kappa shape index (κ2) is 5.69. The van der Waals surface area contributed by atoms with Crippen LogP contribution in [0.15, 0.2) is 60.7 Å². The number of hydrogen-bond donors (Lipinski definition) is 4. The second-order valence-corrected chi connectivity index (χ2v) is 6.57. The summed E-state index contributed by atoms with van der Waals surface area (Å²) in [6.45, 7) is 0. The third-order valence-electron chi connectivity index (χ3n) is 4.63. The predicted molar refractivity (Wildman–Crippen MR) is 105 cm³/mol. The van der Waals surface area contributed by atoms with Gasteiger partial charge >= 0.3 is 0 Å². The van der Waals surface area contributed by atoms with Crippen molar-refractivity contribution in [2.75, 3.05) is 11.5 Å². The van der Waals surface area contributed by atoms with Crippen LogP contribution in [-0.2, 0) is 5.41 Å². The minimum absolute atomic E-state index is 0.274. The Kier molecular flexibility index (Phi) is 3.66. The Hall–Kier alpha value is -1.78. The maximum atomic E-state index is 4.68. The van der Waals surface area contributed by atoms with Gasteiger partial charge < -0.3 is 9.97 Å². The highest BCUT2D eigenvalue weighted by Crippen LogP contribution is 2.37. The Morgan fingerprint density at radius 3 is 1.52 bits per heavy atom. The van der Waals surface area contributed by atoms with Gasteiger partial charge in [0.15, 0.2) is 0 Å². The van der Waals surface area contributed by atoms with Crippen molar-refractivity contribution in [3.8, 4) is 0 Å². The highest BCUT2D eigenvalue weighted by molar-refractivity contribution is 7.81. The summed E-state index contributed by atoms with van der Waals surface area (Å²) in [5.41, 5.74) is 4.31. The van der Waals surface area contributed by atoms with Gasteiger partial charge in [-0.1, -0.05) is 36.4 Å². The van der Waals surface area contributed by atoms with Crippen molar-refractivity contribution in [3.05, 3.63) is 72.1 Å². The van der Waals surface area contributed by atoms with Crippen LogP contribution in [0, 0.1) is 0 Å². The Labute approximate surface area is 146 Å². The minimum Gasteiger partial charge on any atom is -0.358 e. The van der Waals surface area contributed by atoms with Crippen LogP contribution in [0.5, 0.6) is 0 Å². The fraction of sp³-hybridized carbons (Fsp3) is 0.158. The summed E-state index contributed by atoms with van der Waals surface area (Å²) in [4.78, 5) is 7.13. The van der Waals surface area contributed by atoms with Crippen LogP contribution in [0.4, 0.5) is 0 Å². The molecule has 0 atom stereocenters. The van der Waals surface area contributed by atoms with Crippen molar-refractivity contribution in [2.45, 2.75) is 5.41 Å². The molecular weight excluding hydrogens is 320 g/mol. The Morgan fingerprint density at radius 1 is 0.696 bits per heavy atom. The largest absolute Gasteiger partial charge is 0.358 e. The fourth-order valence-corrected chi connectivity index (χ4v) is 4.28. The van der Waals surface area contributed by atoms with Crippen LogP contribution < -0.4 is 0 Å². The van der Waals surface area contributed by atoms with Crippen LogP contribution in [-0.4, -0.2) is 21.5 Å². The molecule has 4 aromatic rings. The number of hydrogen-bond acceptors (Lipinski definition) is 2. The Bertz CT molecular complexity index is 822. The number of para-hydroxylation sites is 2. The molecule has 0 spiro atoms. The average molecular weight is 339 g/mol. The van der Waals surface area contributed by atoms with Crippen molar-refractivity contribution < 1.29 is 0 Å². The van der Waals surface area contributed by atoms with Crippen LogP contribution in [0.1, 0.15) is 11.4 Å². The molecule has 0 radical (unpaired) electrons. The van der Waals surface area contributed by atoms with Crippen molar-refractivity contribution in [1.29, 1.82) is 0 Å². The summed E-state index contributed by atoms with van der Waals surface area (Å²) >= 11 is 9.36. The summed E-state index contributed by atoms with van der Waals surface area (Å²) in [5.74, 6) is 1.35. The molecule has 0 aliphatic rings. The Morgan fingerprint density at radius 2 is 1.13 bits per heavy atom. The van der Waals surface area contributed by atoms with E-state index in [1.807, 2.05) is 0 Å². The molecule has 0 saturated heterocycles. The van der Waals surface area contributed by atoms with Gasteiger partial charge in [0.1, 0.15) is 0 Å². The van der Waals surface area contributed by atoms with Gasteiger partial charge in [-0.3, -0.25) is 0 Å². The monoisotopic (exact) mass is 338 g/mol. The Balaban J connectivity index is 1.93. The highest BCUT2D eigenvalue weighted by atomic mass is 32.1. The molecule has 0 fully saturated rings. The molecule has 2 aromatic carbocycles. The normalized spacial score (nSPS) is 12.3. The predicted octanol–water partition coefficient (Wildman–Crippen LogP) is 4.79. The molecule has 4 heteroatoms. The summed E-state index contributed by atoms with van der Waals surface area (Å²) in [5, 5.41) is 2.43. The summed E-state index contributed by atoms with van der Waals surface area (Å²) < 4.78 is 0. The van der Waals surface area contributed by atoms with E-state index in [0.29, 0.717) is 11.5 Å². The molecule has 0 aliphatic heterocycles. The summed E-state index contributed by atoms with van der Waals surface area (Å²) in [6, 6.07) is 21.1. The van der Waals surface area contributed by atoms with Crippen LogP contribution >= 0.6 is 25.3 Å². The van der Waals surface area contributed by atoms with Gasteiger partial charge in [-0.15, -0.1) is 0 Å². The van der Waals surface area contributed by atoms with Crippen LogP contribution in [0.25, 0.3) is 21.8 Å². The summed E-state index contributed by atoms with van der Waals surface area (Å²) in [6.07, 6.45) is 0. The number of rotatable bonds is 4. The van der Waals surface area contributed by atoms with Crippen molar-refractivity contribution in [3.63, 3.8) is 0 Å². The van der Waals surface area contributed by atoms with E-state index in [1.54, 1.807) is 0 Å². The molecular formula is C19H18N2S2. The van der Waals surface area contributed by atoms with Gasteiger partial charge in [-0.2, -0.15) is 25.3 Å². The number of H-pyrrole nitrogens is 2. The molecule has 23 heavy (non-hydrogen) atoms. The van der Waals surface area contributed by atoms with Gasteiger partial charge in [-0.05, 0) is 35.0 Å². The molecule has 2 N–H and O–H groups in total. The van der Waals surface area contributed by atoms with Gasteiger partial charge in [0, 0.05) is 33.9 Å². The first-order chi connectivity index (χ1) is 11.3. The van der Waals surface area contributed by atoms with E-state index in [0.717, 1.165) is 22.4 Å². The lowest BCUT2D eigenvalue weighted by molar-refractivity contribution is 0.633. The molecule has 4 rings (SSSR count). The zero-order valence-electron chi connectivity index (χ0n) is 12.6. The third-order valence-corrected chi connectivity index (χ3v) is 5.71. The average Bonchev–Trinajstić information content (AvgIpc) is 3.21. The van der Waals surface area contributed by atoms with E-state index in [1.165, 1.54) is 10.8 Å². The van der Waals surface area contributed by atoms with Crippen molar-refractivity contribution in [1.82, 2.24) is 9.97 Å². The molecule has 0 aliphatic carbocycles. The van der Waals surface area contributed by atoms with Gasteiger partial charge in [0.05, 0.1) is 5.41 Å². The maximum absolute atomic E-state index is 4.68. The molecule has 2 heterocycles. The molecule has 116 valence electrons. The van der Waals surface area contributed by atoms with E-state index < -0.39 is 0 Å². The topological polar surface area (TPSA) is 31.6 Å². The fourth-order valence-electron chi connectivity index (χ4n) is 3.20. The first-order valence-electron chi connectivity index (χ1n) is 7.65. The van der Waals surface area contributed by atoms with Crippen molar-refractivity contribution >= 4 is 47.1 Å².